The summed E-state index contributed by atoms with van der Waals surface area (Å²) in [6, 6.07) is 9.90. The zero-order chi connectivity index (χ0) is 14.0. The number of hydrogen-bond acceptors (Lipinski definition) is 1. The maximum absolute atomic E-state index is 13.0. The second kappa shape index (κ2) is 6.25. The van der Waals surface area contributed by atoms with Crippen LogP contribution in [0.2, 0.25) is 5.02 Å². The molecule has 19 heavy (non-hydrogen) atoms. The Morgan fingerprint density at radius 2 is 1.84 bits per heavy atom. The summed E-state index contributed by atoms with van der Waals surface area (Å²) in [5.74, 6) is 0.443. The summed E-state index contributed by atoms with van der Waals surface area (Å²) in [6.45, 7) is 0. The van der Waals surface area contributed by atoms with E-state index in [1.165, 1.54) is 12.1 Å². The van der Waals surface area contributed by atoms with Crippen LogP contribution in [0.25, 0.3) is 0 Å². The monoisotopic (exact) mass is 406 g/mol. The summed E-state index contributed by atoms with van der Waals surface area (Å²) in [5.41, 5.74) is 1.81. The predicted molar refractivity (Wildman–Crippen MR) is 82.9 cm³/mol. The number of ether oxygens (including phenoxy) is 1. The normalized spacial score (nSPS) is 12.3. The number of hydrogen-bond donors (Lipinski definition) is 0. The van der Waals surface area contributed by atoms with Crippen molar-refractivity contribution in [3.8, 4) is 5.75 Å². The Balaban J connectivity index is 2.48. The third-order valence-electron chi connectivity index (χ3n) is 2.68. The molecular formula is C14H10Br2ClFO. The number of rotatable bonds is 3. The van der Waals surface area contributed by atoms with Crippen molar-refractivity contribution in [2.75, 3.05) is 7.11 Å². The van der Waals surface area contributed by atoms with Crippen LogP contribution in [-0.4, -0.2) is 7.11 Å². The Bertz CT molecular complexity index is 587. The van der Waals surface area contributed by atoms with Gasteiger partial charge in [-0.2, -0.15) is 0 Å². The van der Waals surface area contributed by atoms with E-state index in [0.717, 1.165) is 15.6 Å². The van der Waals surface area contributed by atoms with Crippen molar-refractivity contribution in [3.05, 3.63) is 62.8 Å². The smallest absolute Gasteiger partial charge is 0.137 e. The van der Waals surface area contributed by atoms with Crippen LogP contribution in [0.3, 0.4) is 0 Å². The summed E-state index contributed by atoms with van der Waals surface area (Å²) in [4.78, 5) is -0.127. The van der Waals surface area contributed by atoms with Crippen LogP contribution in [0, 0.1) is 5.82 Å². The zero-order valence-corrected chi connectivity index (χ0v) is 13.9. The van der Waals surface area contributed by atoms with Crippen molar-refractivity contribution >= 4 is 43.5 Å². The topological polar surface area (TPSA) is 9.23 Å². The lowest BCUT2D eigenvalue weighted by molar-refractivity contribution is 0.408. The van der Waals surface area contributed by atoms with Crippen LogP contribution in [0.5, 0.6) is 5.75 Å². The van der Waals surface area contributed by atoms with E-state index in [9.17, 15) is 4.39 Å². The highest BCUT2D eigenvalue weighted by atomic mass is 79.9. The first kappa shape index (κ1) is 14.8. The van der Waals surface area contributed by atoms with E-state index in [2.05, 4.69) is 31.9 Å². The fraction of sp³-hybridized carbons (Fsp3) is 0.143. The molecule has 0 saturated heterocycles. The minimum absolute atomic E-state index is 0.127. The molecular weight excluding hydrogens is 398 g/mol. The van der Waals surface area contributed by atoms with Gasteiger partial charge in [-0.15, -0.1) is 0 Å². The molecule has 0 fully saturated rings. The van der Waals surface area contributed by atoms with Gasteiger partial charge in [0.05, 0.1) is 16.4 Å². The second-order valence-electron chi connectivity index (χ2n) is 3.92. The lowest BCUT2D eigenvalue weighted by atomic mass is 10.0. The minimum atomic E-state index is -0.261. The quantitative estimate of drug-likeness (QED) is 0.589. The summed E-state index contributed by atoms with van der Waals surface area (Å²) in [7, 11) is 1.60. The molecule has 1 unspecified atom stereocenters. The average Bonchev–Trinajstić information content (AvgIpc) is 2.38. The highest BCUT2D eigenvalue weighted by Crippen LogP contribution is 2.42. The minimum Gasteiger partial charge on any atom is -0.495 e. The van der Waals surface area contributed by atoms with Crippen LogP contribution < -0.4 is 4.74 Å². The Kier molecular flexibility index (Phi) is 4.87. The molecule has 0 bridgehead atoms. The Labute approximate surface area is 133 Å². The first-order valence-corrected chi connectivity index (χ1v) is 7.54. The van der Waals surface area contributed by atoms with E-state index >= 15 is 0 Å². The van der Waals surface area contributed by atoms with Gasteiger partial charge in [0.25, 0.3) is 0 Å². The largest absolute Gasteiger partial charge is 0.495 e. The Morgan fingerprint density at radius 3 is 2.42 bits per heavy atom. The fourth-order valence-electron chi connectivity index (χ4n) is 1.80. The molecule has 0 spiro atoms. The lowest BCUT2D eigenvalue weighted by Crippen LogP contribution is -1.98. The van der Waals surface area contributed by atoms with Gasteiger partial charge in [-0.05, 0) is 45.8 Å². The molecule has 0 heterocycles. The zero-order valence-electron chi connectivity index (χ0n) is 9.96. The molecule has 0 aliphatic heterocycles. The molecule has 100 valence electrons. The summed E-state index contributed by atoms with van der Waals surface area (Å²) >= 11 is 13.1. The van der Waals surface area contributed by atoms with Gasteiger partial charge in [-0.25, -0.2) is 4.39 Å². The standard InChI is InChI=1S/C14H10Br2ClFO/c1-19-14-11(6-9(17)7-12(14)15)13(16)8-2-4-10(18)5-3-8/h2-7,13H,1H3. The van der Waals surface area contributed by atoms with Gasteiger partial charge in [0.2, 0.25) is 0 Å². The van der Waals surface area contributed by atoms with Crippen molar-refractivity contribution in [2.45, 2.75) is 4.83 Å². The van der Waals surface area contributed by atoms with Crippen molar-refractivity contribution in [1.82, 2.24) is 0 Å². The van der Waals surface area contributed by atoms with E-state index in [0.29, 0.717) is 10.8 Å². The first-order valence-electron chi connectivity index (χ1n) is 5.45. The van der Waals surface area contributed by atoms with Crippen molar-refractivity contribution in [1.29, 1.82) is 0 Å². The maximum Gasteiger partial charge on any atom is 0.137 e. The van der Waals surface area contributed by atoms with E-state index in [-0.39, 0.29) is 10.6 Å². The van der Waals surface area contributed by atoms with E-state index in [4.69, 9.17) is 16.3 Å². The van der Waals surface area contributed by atoms with E-state index in [1.54, 1.807) is 25.3 Å². The maximum atomic E-state index is 13.0. The summed E-state index contributed by atoms with van der Waals surface area (Å²) in [5, 5.41) is 0.606. The molecule has 0 aliphatic carbocycles. The first-order chi connectivity index (χ1) is 9.02. The van der Waals surface area contributed by atoms with Gasteiger partial charge in [0.1, 0.15) is 11.6 Å². The van der Waals surface area contributed by atoms with Gasteiger partial charge >= 0.3 is 0 Å². The number of alkyl halides is 1. The molecule has 5 heteroatoms. The van der Waals surface area contributed by atoms with Crippen LogP contribution in [0.4, 0.5) is 4.39 Å². The number of benzene rings is 2. The van der Waals surface area contributed by atoms with Crippen LogP contribution >= 0.6 is 43.5 Å². The Hall–Kier alpha value is -0.580. The van der Waals surface area contributed by atoms with Gasteiger partial charge in [-0.1, -0.05) is 39.7 Å². The summed E-state index contributed by atoms with van der Waals surface area (Å²) in [6.07, 6.45) is 0. The third-order valence-corrected chi connectivity index (χ3v) is 4.51. The van der Waals surface area contributed by atoms with Gasteiger partial charge in [-0.3, -0.25) is 0 Å². The number of methoxy groups -OCH3 is 1. The third kappa shape index (κ3) is 3.30. The predicted octanol–water partition coefficient (Wildman–Crippen LogP) is 5.73. The molecule has 0 amide bonds. The molecule has 2 aromatic carbocycles. The van der Waals surface area contributed by atoms with Gasteiger partial charge in [0, 0.05) is 10.6 Å². The highest BCUT2D eigenvalue weighted by molar-refractivity contribution is 9.10. The fourth-order valence-corrected chi connectivity index (χ4v) is 3.44. The highest BCUT2D eigenvalue weighted by Gasteiger charge is 2.18. The average molecular weight is 408 g/mol. The second-order valence-corrected chi connectivity index (χ2v) is 6.13. The van der Waals surface area contributed by atoms with Crippen LogP contribution in [-0.2, 0) is 0 Å². The van der Waals surface area contributed by atoms with Gasteiger partial charge in [0.15, 0.2) is 0 Å². The number of halogens is 4. The van der Waals surface area contributed by atoms with Gasteiger partial charge < -0.3 is 4.74 Å². The molecule has 1 atom stereocenters. The molecule has 1 nitrogen and oxygen atoms in total. The van der Waals surface area contributed by atoms with E-state index < -0.39 is 0 Å². The molecule has 0 aromatic heterocycles. The van der Waals surface area contributed by atoms with Crippen LogP contribution in [0.1, 0.15) is 16.0 Å². The van der Waals surface area contributed by atoms with Crippen molar-refractivity contribution < 1.29 is 9.13 Å². The molecule has 0 radical (unpaired) electrons. The molecule has 2 rings (SSSR count). The van der Waals surface area contributed by atoms with Crippen molar-refractivity contribution in [2.24, 2.45) is 0 Å². The van der Waals surface area contributed by atoms with E-state index in [1.807, 2.05) is 6.07 Å². The van der Waals surface area contributed by atoms with Crippen LogP contribution in [0.15, 0.2) is 40.9 Å². The lowest BCUT2D eigenvalue weighted by Gasteiger charge is -2.16. The molecule has 2 aromatic rings. The molecule has 0 saturated carbocycles. The molecule has 0 N–H and O–H groups in total. The Morgan fingerprint density at radius 1 is 1.21 bits per heavy atom. The summed E-state index contributed by atoms with van der Waals surface area (Å²) < 4.78 is 19.1. The molecule has 0 aliphatic rings. The SMILES string of the molecule is COc1c(Br)cc(Cl)cc1C(Br)c1ccc(F)cc1. The van der Waals surface area contributed by atoms with Crippen molar-refractivity contribution in [3.63, 3.8) is 0 Å².